The molecule has 3 N–H and O–H groups in total. The normalized spacial score (nSPS) is 20.4. The van der Waals surface area contributed by atoms with Crippen LogP contribution in [0, 0.1) is 0 Å². The maximum Gasteiger partial charge on any atom is 0.242 e. The maximum absolute atomic E-state index is 12.1. The van der Waals surface area contributed by atoms with Crippen LogP contribution in [0.15, 0.2) is 12.4 Å². The van der Waals surface area contributed by atoms with Crippen LogP contribution in [-0.2, 0) is 16.6 Å². The monoisotopic (exact) mass is 252 g/mol. The van der Waals surface area contributed by atoms with Gasteiger partial charge in [-0.3, -0.25) is 9.48 Å². The molecule has 18 heavy (non-hydrogen) atoms. The molecule has 1 aliphatic rings. The van der Waals surface area contributed by atoms with Crippen molar-refractivity contribution >= 4 is 5.91 Å². The smallest absolute Gasteiger partial charge is 0.242 e. The number of carbonyl (C=O) groups is 1. The average molecular weight is 252 g/mol. The van der Waals surface area contributed by atoms with E-state index in [2.05, 4.69) is 10.4 Å². The van der Waals surface area contributed by atoms with Crippen LogP contribution in [0.25, 0.3) is 0 Å². The Kier molecular flexibility index (Phi) is 3.68. The van der Waals surface area contributed by atoms with Crippen molar-refractivity contribution in [3.05, 3.63) is 18.0 Å². The van der Waals surface area contributed by atoms with E-state index in [4.69, 9.17) is 10.5 Å². The van der Waals surface area contributed by atoms with Crippen molar-refractivity contribution in [2.75, 3.05) is 13.2 Å². The number of nitrogens with zero attached hydrogens (tertiary/aromatic N) is 2. The minimum Gasteiger partial charge on any atom is -0.381 e. The molecule has 1 unspecified atom stereocenters. The van der Waals surface area contributed by atoms with Gasteiger partial charge in [-0.05, 0) is 19.8 Å². The molecule has 0 aromatic carbocycles. The molecule has 0 bridgehead atoms. The predicted octanol–water partition coefficient (Wildman–Crippen LogP) is 0.105. The van der Waals surface area contributed by atoms with Gasteiger partial charge in [-0.25, -0.2) is 0 Å². The number of amides is 1. The molecule has 0 radical (unpaired) electrons. The molecule has 1 fully saturated rings. The fraction of sp³-hybridized carbons (Fsp3) is 0.667. The molecule has 1 atom stereocenters. The number of aryl methyl sites for hydroxylation is 1. The van der Waals surface area contributed by atoms with Crippen LogP contribution >= 0.6 is 0 Å². The highest BCUT2D eigenvalue weighted by molar-refractivity contribution is 5.83. The summed E-state index contributed by atoms with van der Waals surface area (Å²) in [5.41, 5.74) is 6.45. The third-order valence-corrected chi connectivity index (χ3v) is 3.39. The van der Waals surface area contributed by atoms with Gasteiger partial charge in [0.1, 0.15) is 6.04 Å². The van der Waals surface area contributed by atoms with Crippen LogP contribution in [0.1, 0.15) is 31.4 Å². The van der Waals surface area contributed by atoms with E-state index in [-0.39, 0.29) is 11.4 Å². The molecular formula is C12H20N4O2. The quantitative estimate of drug-likeness (QED) is 0.799. The fourth-order valence-corrected chi connectivity index (χ4v) is 2.07. The second-order valence-electron chi connectivity index (χ2n) is 5.09. The third-order valence-electron chi connectivity index (χ3n) is 3.39. The van der Waals surface area contributed by atoms with Crippen LogP contribution in [0.4, 0.5) is 0 Å². The number of aromatic nitrogens is 2. The van der Waals surface area contributed by atoms with Gasteiger partial charge in [0.25, 0.3) is 0 Å². The van der Waals surface area contributed by atoms with Crippen LogP contribution in [0.5, 0.6) is 0 Å². The van der Waals surface area contributed by atoms with Crippen molar-refractivity contribution in [1.82, 2.24) is 15.1 Å². The van der Waals surface area contributed by atoms with Crippen molar-refractivity contribution in [1.29, 1.82) is 0 Å². The topological polar surface area (TPSA) is 82.2 Å². The van der Waals surface area contributed by atoms with Gasteiger partial charge in [-0.2, -0.15) is 5.10 Å². The number of hydrogen-bond donors (Lipinski definition) is 2. The summed E-state index contributed by atoms with van der Waals surface area (Å²) in [6, 6.07) is -0.668. The van der Waals surface area contributed by atoms with E-state index in [1.807, 2.05) is 6.92 Å². The standard InChI is InChI=1S/C12H20N4O2/c1-12(3-5-18-6-4-12)15-11(17)10(13)9-7-14-16(2)8-9/h7-8,10H,3-6,13H2,1-2H3,(H,15,17). The lowest BCUT2D eigenvalue weighted by Crippen LogP contribution is -2.52. The first-order valence-electron chi connectivity index (χ1n) is 6.14. The molecule has 1 aromatic rings. The zero-order chi connectivity index (χ0) is 13.2. The van der Waals surface area contributed by atoms with Gasteiger partial charge in [-0.1, -0.05) is 0 Å². The average Bonchev–Trinajstić information content (AvgIpc) is 2.75. The lowest BCUT2D eigenvalue weighted by atomic mass is 9.92. The molecule has 2 rings (SSSR count). The Labute approximate surface area is 106 Å². The lowest BCUT2D eigenvalue weighted by Gasteiger charge is -2.35. The van der Waals surface area contributed by atoms with Crippen LogP contribution in [0.3, 0.4) is 0 Å². The molecule has 0 aliphatic carbocycles. The lowest BCUT2D eigenvalue weighted by molar-refractivity contribution is -0.125. The van der Waals surface area contributed by atoms with E-state index in [1.165, 1.54) is 0 Å². The number of ether oxygens (including phenoxy) is 1. The first kappa shape index (κ1) is 13.0. The maximum atomic E-state index is 12.1. The van der Waals surface area contributed by atoms with Gasteiger partial charge in [0.05, 0.1) is 6.20 Å². The molecule has 0 saturated carbocycles. The SMILES string of the molecule is Cn1cc(C(N)C(=O)NC2(C)CCOCC2)cn1. The fourth-order valence-electron chi connectivity index (χ4n) is 2.07. The third kappa shape index (κ3) is 2.88. The Morgan fingerprint density at radius 1 is 1.61 bits per heavy atom. The van der Waals surface area contributed by atoms with Gasteiger partial charge in [0.15, 0.2) is 0 Å². The second-order valence-corrected chi connectivity index (χ2v) is 5.09. The summed E-state index contributed by atoms with van der Waals surface area (Å²) in [4.78, 5) is 12.1. The van der Waals surface area contributed by atoms with E-state index in [1.54, 1.807) is 24.1 Å². The Morgan fingerprint density at radius 2 is 2.28 bits per heavy atom. The van der Waals surface area contributed by atoms with E-state index < -0.39 is 6.04 Å². The van der Waals surface area contributed by atoms with E-state index in [0.717, 1.165) is 18.4 Å². The Morgan fingerprint density at radius 3 is 2.83 bits per heavy atom. The summed E-state index contributed by atoms with van der Waals surface area (Å²) in [5, 5.41) is 7.04. The molecule has 1 amide bonds. The summed E-state index contributed by atoms with van der Waals surface area (Å²) in [6.07, 6.45) is 5.02. The van der Waals surface area contributed by atoms with Crippen LogP contribution < -0.4 is 11.1 Å². The Hall–Kier alpha value is -1.40. The number of carbonyl (C=O) groups excluding carboxylic acids is 1. The molecule has 2 heterocycles. The minimum atomic E-state index is -0.668. The van der Waals surface area contributed by atoms with Crippen LogP contribution in [0.2, 0.25) is 0 Å². The zero-order valence-corrected chi connectivity index (χ0v) is 10.8. The molecule has 0 spiro atoms. The van der Waals surface area contributed by atoms with Gasteiger partial charge in [-0.15, -0.1) is 0 Å². The largest absolute Gasteiger partial charge is 0.381 e. The number of hydrogen-bond acceptors (Lipinski definition) is 4. The molecule has 1 saturated heterocycles. The minimum absolute atomic E-state index is 0.160. The molecule has 1 aliphatic heterocycles. The molecule has 1 aromatic heterocycles. The van der Waals surface area contributed by atoms with E-state index in [0.29, 0.717) is 13.2 Å². The van der Waals surface area contributed by atoms with Gasteiger partial charge < -0.3 is 15.8 Å². The highest BCUT2D eigenvalue weighted by Crippen LogP contribution is 2.21. The first-order valence-corrected chi connectivity index (χ1v) is 6.14. The highest BCUT2D eigenvalue weighted by atomic mass is 16.5. The van der Waals surface area contributed by atoms with Crippen molar-refractivity contribution < 1.29 is 9.53 Å². The van der Waals surface area contributed by atoms with Crippen molar-refractivity contribution in [2.24, 2.45) is 12.8 Å². The first-order chi connectivity index (χ1) is 8.50. The van der Waals surface area contributed by atoms with Crippen molar-refractivity contribution in [3.63, 3.8) is 0 Å². The van der Waals surface area contributed by atoms with Crippen molar-refractivity contribution in [3.8, 4) is 0 Å². The zero-order valence-electron chi connectivity index (χ0n) is 10.8. The van der Waals surface area contributed by atoms with Gasteiger partial charge in [0, 0.05) is 37.6 Å². The van der Waals surface area contributed by atoms with E-state index in [9.17, 15) is 4.79 Å². The highest BCUT2D eigenvalue weighted by Gasteiger charge is 2.31. The summed E-state index contributed by atoms with van der Waals surface area (Å²) < 4.78 is 6.94. The molecule has 100 valence electrons. The van der Waals surface area contributed by atoms with Crippen molar-refractivity contribution in [2.45, 2.75) is 31.3 Å². The van der Waals surface area contributed by atoms with Crippen LogP contribution in [-0.4, -0.2) is 34.4 Å². The summed E-state index contributed by atoms with van der Waals surface area (Å²) >= 11 is 0. The molecule has 6 heteroatoms. The number of nitrogens with two attached hydrogens (primary N) is 1. The second kappa shape index (κ2) is 5.07. The van der Waals surface area contributed by atoms with Gasteiger partial charge >= 0.3 is 0 Å². The molecule has 6 nitrogen and oxygen atoms in total. The summed E-state index contributed by atoms with van der Waals surface area (Å²) in [6.45, 7) is 3.39. The van der Waals surface area contributed by atoms with Gasteiger partial charge in [0.2, 0.25) is 5.91 Å². The number of rotatable bonds is 3. The van der Waals surface area contributed by atoms with E-state index >= 15 is 0 Å². The Balaban J connectivity index is 1.98. The Bertz CT molecular complexity index is 423. The summed E-state index contributed by atoms with van der Waals surface area (Å²) in [7, 11) is 1.80. The molecular weight excluding hydrogens is 232 g/mol. The predicted molar refractivity (Wildman–Crippen MR) is 66.7 cm³/mol. The summed E-state index contributed by atoms with van der Waals surface area (Å²) in [5.74, 6) is -0.160. The number of nitrogens with one attached hydrogen (secondary N) is 1.